The Labute approximate surface area is 208 Å². The van der Waals surface area contributed by atoms with Gasteiger partial charge in [0.1, 0.15) is 5.37 Å². The number of benzene rings is 3. The zero-order valence-electron chi connectivity index (χ0n) is 18.9. The Kier molecular flexibility index (Phi) is 7.65. The Morgan fingerprint density at radius 2 is 1.68 bits per heavy atom. The number of nitrogens with zero attached hydrogens (tertiary/aromatic N) is 1. The van der Waals surface area contributed by atoms with E-state index < -0.39 is 0 Å². The van der Waals surface area contributed by atoms with Crippen molar-refractivity contribution < 1.29 is 19.1 Å². The summed E-state index contributed by atoms with van der Waals surface area (Å²) in [6, 6.07) is 20.5. The maximum absolute atomic E-state index is 12.7. The minimum Gasteiger partial charge on any atom is -0.493 e. The summed E-state index contributed by atoms with van der Waals surface area (Å²) in [5.41, 5.74) is 3.47. The fourth-order valence-corrected chi connectivity index (χ4v) is 5.08. The van der Waals surface area contributed by atoms with E-state index in [2.05, 4.69) is 5.32 Å². The lowest BCUT2D eigenvalue weighted by Gasteiger charge is -2.24. The fourth-order valence-electron chi connectivity index (χ4n) is 3.76. The van der Waals surface area contributed by atoms with Crippen LogP contribution in [0.2, 0.25) is 5.02 Å². The van der Waals surface area contributed by atoms with E-state index in [9.17, 15) is 9.59 Å². The third-order valence-electron chi connectivity index (χ3n) is 5.59. The minimum absolute atomic E-state index is 0.0907. The third kappa shape index (κ3) is 5.48. The van der Waals surface area contributed by atoms with Gasteiger partial charge in [0.15, 0.2) is 11.5 Å². The van der Waals surface area contributed by atoms with E-state index >= 15 is 0 Å². The normalized spacial score (nSPS) is 15.3. The average molecular weight is 497 g/mol. The van der Waals surface area contributed by atoms with Crippen LogP contribution in [0, 0.1) is 0 Å². The van der Waals surface area contributed by atoms with Gasteiger partial charge in [-0.05, 0) is 53.1 Å². The zero-order valence-corrected chi connectivity index (χ0v) is 20.5. The lowest BCUT2D eigenvalue weighted by Crippen LogP contribution is -2.27. The monoisotopic (exact) mass is 496 g/mol. The van der Waals surface area contributed by atoms with Crippen molar-refractivity contribution in [2.75, 3.05) is 20.0 Å². The Bertz CT molecular complexity index is 1170. The first kappa shape index (κ1) is 24.0. The SMILES string of the molecule is COc1ccc(CNC(=O)c2ccc([C@H]3SCC(=O)N3Cc3ccc(Cl)cc3)cc2)cc1OC. The van der Waals surface area contributed by atoms with Crippen LogP contribution in [0.25, 0.3) is 0 Å². The van der Waals surface area contributed by atoms with Crippen molar-refractivity contribution in [3.8, 4) is 11.5 Å². The van der Waals surface area contributed by atoms with Gasteiger partial charge in [0.25, 0.3) is 5.91 Å². The summed E-state index contributed by atoms with van der Waals surface area (Å²) >= 11 is 7.57. The molecule has 0 saturated carbocycles. The van der Waals surface area contributed by atoms with Crippen molar-refractivity contribution >= 4 is 35.2 Å². The van der Waals surface area contributed by atoms with Gasteiger partial charge in [-0.3, -0.25) is 9.59 Å². The van der Waals surface area contributed by atoms with E-state index in [0.717, 1.165) is 16.7 Å². The standard InChI is InChI=1S/C26H25ClN2O4S/c1-32-22-12-5-18(13-23(22)33-2)14-28-25(31)19-6-8-20(9-7-19)26-29(24(30)16-34-26)15-17-3-10-21(27)11-4-17/h3-13,26H,14-16H2,1-2H3,(H,28,31)/t26-/m1/s1. The van der Waals surface area contributed by atoms with Crippen molar-refractivity contribution in [3.05, 3.63) is 94.0 Å². The van der Waals surface area contributed by atoms with Crippen molar-refractivity contribution in [2.24, 2.45) is 0 Å². The Morgan fingerprint density at radius 3 is 2.35 bits per heavy atom. The van der Waals surface area contributed by atoms with E-state index in [1.165, 1.54) is 0 Å². The summed E-state index contributed by atoms with van der Waals surface area (Å²) in [6.07, 6.45) is 0. The van der Waals surface area contributed by atoms with E-state index in [1.807, 2.05) is 59.5 Å². The van der Waals surface area contributed by atoms with Crippen LogP contribution >= 0.6 is 23.4 Å². The fraction of sp³-hybridized carbons (Fsp3) is 0.231. The van der Waals surface area contributed by atoms with E-state index in [1.54, 1.807) is 38.1 Å². The highest BCUT2D eigenvalue weighted by atomic mass is 35.5. The van der Waals surface area contributed by atoms with Crippen molar-refractivity contribution in [1.82, 2.24) is 10.2 Å². The largest absolute Gasteiger partial charge is 0.493 e. The first-order valence-electron chi connectivity index (χ1n) is 10.7. The number of amides is 2. The first-order valence-corrected chi connectivity index (χ1v) is 12.2. The molecule has 0 spiro atoms. The molecule has 1 fully saturated rings. The molecule has 2 amide bonds. The number of ether oxygens (including phenoxy) is 2. The molecule has 3 aromatic rings. The molecule has 176 valence electrons. The molecule has 0 aliphatic carbocycles. The number of carbonyl (C=O) groups excluding carboxylic acids is 2. The summed E-state index contributed by atoms with van der Waals surface area (Å²) in [7, 11) is 3.16. The van der Waals surface area contributed by atoms with Gasteiger partial charge < -0.3 is 19.7 Å². The minimum atomic E-state index is -0.172. The number of rotatable bonds is 8. The average Bonchev–Trinajstić information content (AvgIpc) is 3.23. The molecular formula is C26H25ClN2O4S. The molecule has 0 unspecified atom stereocenters. The molecule has 1 atom stereocenters. The smallest absolute Gasteiger partial charge is 0.251 e. The number of hydrogen-bond donors (Lipinski definition) is 1. The summed E-state index contributed by atoms with van der Waals surface area (Å²) < 4.78 is 10.6. The molecule has 0 aromatic heterocycles. The number of nitrogens with one attached hydrogen (secondary N) is 1. The van der Waals surface area contributed by atoms with E-state index in [4.69, 9.17) is 21.1 Å². The molecule has 6 nitrogen and oxygen atoms in total. The molecule has 1 N–H and O–H groups in total. The second-order valence-corrected chi connectivity index (χ2v) is 9.31. The Balaban J connectivity index is 1.40. The molecule has 1 saturated heterocycles. The highest BCUT2D eigenvalue weighted by Crippen LogP contribution is 2.39. The first-order chi connectivity index (χ1) is 16.5. The van der Waals surface area contributed by atoms with Crippen LogP contribution < -0.4 is 14.8 Å². The van der Waals surface area contributed by atoms with Crippen molar-refractivity contribution in [1.29, 1.82) is 0 Å². The molecule has 8 heteroatoms. The van der Waals surface area contributed by atoms with Crippen LogP contribution in [0.3, 0.4) is 0 Å². The molecule has 0 bridgehead atoms. The Hall–Kier alpha value is -3.16. The topological polar surface area (TPSA) is 67.9 Å². The lowest BCUT2D eigenvalue weighted by atomic mass is 10.1. The predicted octanol–water partition coefficient (Wildman–Crippen LogP) is 5.06. The summed E-state index contributed by atoms with van der Waals surface area (Å²) in [6.45, 7) is 0.879. The second kappa shape index (κ2) is 10.8. The van der Waals surface area contributed by atoms with Crippen LogP contribution in [0.4, 0.5) is 0 Å². The molecule has 1 aliphatic heterocycles. The third-order valence-corrected chi connectivity index (χ3v) is 7.10. The highest BCUT2D eigenvalue weighted by Gasteiger charge is 2.32. The van der Waals surface area contributed by atoms with Gasteiger partial charge in [0.05, 0.1) is 20.0 Å². The van der Waals surface area contributed by atoms with Crippen molar-refractivity contribution in [3.63, 3.8) is 0 Å². The molecule has 1 aliphatic rings. The molecule has 4 rings (SSSR count). The van der Waals surface area contributed by atoms with Crippen LogP contribution in [0.5, 0.6) is 11.5 Å². The number of methoxy groups -OCH3 is 2. The molecule has 3 aromatic carbocycles. The molecule has 1 heterocycles. The molecule has 34 heavy (non-hydrogen) atoms. The summed E-state index contributed by atoms with van der Waals surface area (Å²) in [5, 5.41) is 3.51. The predicted molar refractivity (Wildman–Crippen MR) is 134 cm³/mol. The van der Waals surface area contributed by atoms with Crippen LogP contribution in [0.1, 0.15) is 32.4 Å². The second-order valence-electron chi connectivity index (χ2n) is 7.81. The quantitative estimate of drug-likeness (QED) is 0.472. The van der Waals surface area contributed by atoms with Gasteiger partial charge in [-0.2, -0.15) is 0 Å². The van der Waals surface area contributed by atoms with E-state index in [0.29, 0.717) is 40.9 Å². The number of hydrogen-bond acceptors (Lipinski definition) is 5. The van der Waals surface area contributed by atoms with Crippen LogP contribution in [-0.2, 0) is 17.9 Å². The van der Waals surface area contributed by atoms with Gasteiger partial charge in [-0.1, -0.05) is 41.9 Å². The van der Waals surface area contributed by atoms with Gasteiger partial charge >= 0.3 is 0 Å². The van der Waals surface area contributed by atoms with Gasteiger partial charge in [-0.25, -0.2) is 0 Å². The summed E-state index contributed by atoms with van der Waals surface area (Å²) in [5.74, 6) is 1.62. The zero-order chi connectivity index (χ0) is 24.1. The van der Waals surface area contributed by atoms with Gasteiger partial charge in [0.2, 0.25) is 5.91 Å². The van der Waals surface area contributed by atoms with Gasteiger partial charge in [0, 0.05) is 23.7 Å². The van der Waals surface area contributed by atoms with Gasteiger partial charge in [-0.15, -0.1) is 11.8 Å². The maximum Gasteiger partial charge on any atom is 0.251 e. The Morgan fingerprint density at radius 1 is 1.00 bits per heavy atom. The van der Waals surface area contributed by atoms with Crippen molar-refractivity contribution in [2.45, 2.75) is 18.5 Å². The number of thioether (sulfide) groups is 1. The lowest BCUT2D eigenvalue weighted by molar-refractivity contribution is -0.128. The number of carbonyl (C=O) groups is 2. The van der Waals surface area contributed by atoms with Crippen LogP contribution in [-0.4, -0.2) is 36.7 Å². The maximum atomic E-state index is 12.7. The molecule has 0 radical (unpaired) electrons. The van der Waals surface area contributed by atoms with E-state index in [-0.39, 0.29) is 17.2 Å². The highest BCUT2D eigenvalue weighted by molar-refractivity contribution is 8.00. The number of halogens is 1. The summed E-state index contributed by atoms with van der Waals surface area (Å²) in [4.78, 5) is 27.0. The van der Waals surface area contributed by atoms with Crippen LogP contribution in [0.15, 0.2) is 66.7 Å². The molecular weight excluding hydrogens is 472 g/mol.